The Morgan fingerprint density at radius 2 is 1.67 bits per heavy atom. The Hall–Kier alpha value is -0.260. The lowest BCUT2D eigenvalue weighted by Crippen LogP contribution is -1.55. The average Bonchev–Trinajstić information content (AvgIpc) is 1.38. The third-order valence-electron chi connectivity index (χ3n) is 0.250. The molecule has 36 valence electrons. The molecular formula is C4H8ClN. The molecule has 0 unspecified atom stereocenters. The van der Waals surface area contributed by atoms with Crippen molar-refractivity contribution < 1.29 is 0 Å². The van der Waals surface area contributed by atoms with Crippen LogP contribution < -0.4 is 0 Å². The summed E-state index contributed by atoms with van der Waals surface area (Å²) in [6.45, 7) is 3.68. The van der Waals surface area contributed by atoms with Crippen LogP contribution in [-0.2, 0) is 0 Å². The molecular weight excluding hydrogens is 97.5 g/mol. The van der Waals surface area contributed by atoms with E-state index in [1.807, 2.05) is 13.8 Å². The highest BCUT2D eigenvalue weighted by Crippen LogP contribution is 1.72. The fourth-order valence-electron chi connectivity index (χ4n) is 0. The molecule has 0 aliphatic rings. The van der Waals surface area contributed by atoms with Gasteiger partial charge in [0, 0.05) is 0 Å². The minimum Gasteiger partial charge on any atom is -0.259 e. The second-order valence-electron chi connectivity index (χ2n) is 1.12. The minimum atomic E-state index is 0. The molecule has 0 amide bonds. The van der Waals surface area contributed by atoms with Gasteiger partial charge >= 0.3 is 0 Å². The summed E-state index contributed by atoms with van der Waals surface area (Å²) < 4.78 is 0. The molecule has 0 saturated carbocycles. The maximum Gasteiger partial charge on any atom is -0.0156 e. The van der Waals surface area contributed by atoms with E-state index in [4.69, 9.17) is 5.41 Å². The van der Waals surface area contributed by atoms with E-state index in [9.17, 15) is 0 Å². The number of nitrogens with one attached hydrogen (secondary N) is 1. The highest BCUT2D eigenvalue weighted by atomic mass is 35.5. The SMILES string of the molecule is CC(C)=C=N.Cl. The second-order valence-corrected chi connectivity index (χ2v) is 1.12. The smallest absolute Gasteiger partial charge is 0.0156 e. The summed E-state index contributed by atoms with van der Waals surface area (Å²) in [4.78, 5) is 0. The van der Waals surface area contributed by atoms with E-state index in [0.717, 1.165) is 5.57 Å². The Balaban J connectivity index is 0. The van der Waals surface area contributed by atoms with Gasteiger partial charge in [-0.3, -0.25) is 5.41 Å². The molecule has 1 nitrogen and oxygen atoms in total. The van der Waals surface area contributed by atoms with Crippen molar-refractivity contribution in [1.29, 1.82) is 5.41 Å². The maximum absolute atomic E-state index is 6.37. The highest BCUT2D eigenvalue weighted by Gasteiger charge is 1.59. The molecule has 0 atom stereocenters. The van der Waals surface area contributed by atoms with Gasteiger partial charge in [-0.15, -0.1) is 12.4 Å². The van der Waals surface area contributed by atoms with E-state index in [1.54, 1.807) is 0 Å². The molecule has 0 rings (SSSR count). The summed E-state index contributed by atoms with van der Waals surface area (Å²) in [7, 11) is 0. The van der Waals surface area contributed by atoms with Crippen LogP contribution in [0, 0.1) is 5.41 Å². The molecule has 0 bridgehead atoms. The van der Waals surface area contributed by atoms with Gasteiger partial charge in [0.1, 0.15) is 0 Å². The molecule has 0 aromatic rings. The molecule has 0 spiro atoms. The summed E-state index contributed by atoms with van der Waals surface area (Å²) >= 11 is 0. The first kappa shape index (κ1) is 9.22. The second kappa shape index (κ2) is 4.74. The van der Waals surface area contributed by atoms with Crippen molar-refractivity contribution in [2.45, 2.75) is 13.8 Å². The summed E-state index contributed by atoms with van der Waals surface area (Å²) in [5, 5.41) is 6.37. The van der Waals surface area contributed by atoms with Crippen LogP contribution in [0.5, 0.6) is 0 Å². The van der Waals surface area contributed by atoms with Gasteiger partial charge in [-0.05, 0) is 25.3 Å². The van der Waals surface area contributed by atoms with E-state index in [1.165, 1.54) is 0 Å². The number of rotatable bonds is 0. The molecule has 2 heteroatoms. The highest BCUT2D eigenvalue weighted by molar-refractivity contribution is 5.85. The lowest BCUT2D eigenvalue weighted by atomic mass is 10.4. The molecule has 6 heavy (non-hydrogen) atoms. The van der Waals surface area contributed by atoms with Crippen molar-refractivity contribution in [3.63, 3.8) is 0 Å². The van der Waals surface area contributed by atoms with Gasteiger partial charge in [0.2, 0.25) is 0 Å². The first-order chi connectivity index (χ1) is 2.27. The zero-order chi connectivity index (χ0) is 4.28. The van der Waals surface area contributed by atoms with Crippen LogP contribution in [0.4, 0.5) is 0 Å². The van der Waals surface area contributed by atoms with Gasteiger partial charge < -0.3 is 0 Å². The Bertz CT molecular complexity index is 67.6. The number of hydrogen-bond donors (Lipinski definition) is 1. The molecule has 1 N–H and O–H groups in total. The Kier molecular flexibility index (Phi) is 7.28. The monoisotopic (exact) mass is 105 g/mol. The van der Waals surface area contributed by atoms with Crippen molar-refractivity contribution in [2.75, 3.05) is 0 Å². The van der Waals surface area contributed by atoms with E-state index >= 15 is 0 Å². The van der Waals surface area contributed by atoms with Gasteiger partial charge in [0.25, 0.3) is 0 Å². The van der Waals surface area contributed by atoms with E-state index in [2.05, 4.69) is 5.87 Å². The molecule has 0 aromatic heterocycles. The Morgan fingerprint density at radius 3 is 1.67 bits per heavy atom. The first-order valence-electron chi connectivity index (χ1n) is 1.50. The lowest BCUT2D eigenvalue weighted by Gasteiger charge is -1.65. The van der Waals surface area contributed by atoms with Crippen LogP contribution in [0.3, 0.4) is 0 Å². The van der Waals surface area contributed by atoms with Gasteiger partial charge in [0.15, 0.2) is 0 Å². The topological polar surface area (TPSA) is 23.9 Å². The summed E-state index contributed by atoms with van der Waals surface area (Å²) in [5.74, 6) is 2.19. The standard InChI is InChI=1S/C4H7N.ClH/c1-4(2)3-5;/h5H,1-2H3;1H. The molecule has 0 heterocycles. The van der Waals surface area contributed by atoms with E-state index in [0.29, 0.717) is 0 Å². The predicted molar refractivity (Wildman–Crippen MR) is 29.8 cm³/mol. The lowest BCUT2D eigenvalue weighted by molar-refractivity contribution is 1.42. The van der Waals surface area contributed by atoms with Crippen molar-refractivity contribution >= 4 is 18.3 Å². The van der Waals surface area contributed by atoms with Gasteiger partial charge in [-0.2, -0.15) is 0 Å². The minimum absolute atomic E-state index is 0. The molecule has 0 aliphatic carbocycles. The van der Waals surface area contributed by atoms with Gasteiger partial charge in [0.05, 0.1) is 0 Å². The number of hydrogen-bond acceptors (Lipinski definition) is 1. The molecule has 0 aliphatic heterocycles. The summed E-state index contributed by atoms with van der Waals surface area (Å²) in [6, 6.07) is 0. The maximum atomic E-state index is 6.37. The fraction of sp³-hybridized carbons (Fsp3) is 0.500. The van der Waals surface area contributed by atoms with Crippen LogP contribution in [0.2, 0.25) is 0 Å². The quantitative estimate of drug-likeness (QED) is 0.453. The summed E-state index contributed by atoms with van der Waals surface area (Å²) in [5.41, 5.74) is 0.921. The molecule has 0 radical (unpaired) electrons. The van der Waals surface area contributed by atoms with Crippen LogP contribution in [0.25, 0.3) is 0 Å². The first-order valence-corrected chi connectivity index (χ1v) is 1.50. The van der Waals surface area contributed by atoms with Crippen LogP contribution in [-0.4, -0.2) is 5.87 Å². The summed E-state index contributed by atoms with van der Waals surface area (Å²) in [6.07, 6.45) is 0. The molecule has 0 fully saturated rings. The van der Waals surface area contributed by atoms with E-state index < -0.39 is 0 Å². The zero-order valence-corrected chi connectivity index (χ0v) is 4.72. The van der Waals surface area contributed by atoms with Crippen molar-refractivity contribution in [2.24, 2.45) is 0 Å². The van der Waals surface area contributed by atoms with Gasteiger partial charge in [-0.1, -0.05) is 0 Å². The average molecular weight is 106 g/mol. The predicted octanol–water partition coefficient (Wildman–Crippen LogP) is 1.62. The molecule has 0 saturated heterocycles. The zero-order valence-electron chi connectivity index (χ0n) is 3.91. The van der Waals surface area contributed by atoms with Gasteiger partial charge in [-0.25, -0.2) is 0 Å². The van der Waals surface area contributed by atoms with E-state index in [-0.39, 0.29) is 12.4 Å². The van der Waals surface area contributed by atoms with Crippen LogP contribution >= 0.6 is 12.4 Å². The fourth-order valence-corrected chi connectivity index (χ4v) is 0. The Morgan fingerprint density at radius 1 is 1.50 bits per heavy atom. The largest absolute Gasteiger partial charge is 0.259 e. The van der Waals surface area contributed by atoms with Crippen molar-refractivity contribution in [3.8, 4) is 0 Å². The third kappa shape index (κ3) is 9.27. The third-order valence-corrected chi connectivity index (χ3v) is 0.250. The number of halogens is 1. The van der Waals surface area contributed by atoms with Crippen molar-refractivity contribution in [3.05, 3.63) is 5.57 Å². The normalized spacial score (nSPS) is 5.00. The number of allylic oxidation sites excluding steroid dienone is 1. The molecule has 0 aromatic carbocycles. The Labute approximate surface area is 44.0 Å². The van der Waals surface area contributed by atoms with Crippen LogP contribution in [0.15, 0.2) is 5.57 Å². The van der Waals surface area contributed by atoms with Crippen molar-refractivity contribution in [1.82, 2.24) is 0 Å². The van der Waals surface area contributed by atoms with Crippen LogP contribution in [0.1, 0.15) is 13.8 Å².